The molecule has 2 amide bonds. The molecule has 0 aliphatic carbocycles. The van der Waals surface area contributed by atoms with Crippen molar-refractivity contribution in [2.45, 2.75) is 32.4 Å². The van der Waals surface area contributed by atoms with Crippen LogP contribution in [0.3, 0.4) is 0 Å². The lowest BCUT2D eigenvalue weighted by Crippen LogP contribution is -2.55. The molecule has 2 rings (SSSR count). The van der Waals surface area contributed by atoms with Crippen molar-refractivity contribution in [2.75, 3.05) is 32.1 Å². The maximum absolute atomic E-state index is 12.1. The van der Waals surface area contributed by atoms with E-state index in [9.17, 15) is 9.59 Å². The zero-order valence-electron chi connectivity index (χ0n) is 15.1. The van der Waals surface area contributed by atoms with E-state index in [-0.39, 0.29) is 43.3 Å². The van der Waals surface area contributed by atoms with Crippen LogP contribution in [0.2, 0.25) is 5.02 Å². The molecular weight excluding hydrogens is 381 g/mol. The van der Waals surface area contributed by atoms with Crippen LogP contribution in [0.4, 0.5) is 5.69 Å². The van der Waals surface area contributed by atoms with E-state index in [0.717, 1.165) is 5.56 Å². The first-order valence-electron chi connectivity index (χ1n) is 8.19. The van der Waals surface area contributed by atoms with Crippen molar-refractivity contribution in [3.63, 3.8) is 0 Å². The number of morpholine rings is 1. The van der Waals surface area contributed by atoms with E-state index in [4.69, 9.17) is 21.1 Å². The van der Waals surface area contributed by atoms with Crippen molar-refractivity contribution >= 4 is 41.5 Å². The minimum atomic E-state index is -0.393. The number of aryl methyl sites for hydroxylation is 1. The molecule has 0 spiro atoms. The van der Waals surface area contributed by atoms with Crippen LogP contribution >= 0.6 is 24.0 Å². The van der Waals surface area contributed by atoms with Crippen molar-refractivity contribution in [3.8, 4) is 5.75 Å². The zero-order valence-corrected chi connectivity index (χ0v) is 16.6. The summed E-state index contributed by atoms with van der Waals surface area (Å²) in [5.41, 5.74) is 1.39. The van der Waals surface area contributed by atoms with Gasteiger partial charge in [-0.15, -0.1) is 12.4 Å². The molecule has 0 aromatic heterocycles. The van der Waals surface area contributed by atoms with E-state index in [1.54, 1.807) is 12.1 Å². The average Bonchev–Trinajstić information content (AvgIpc) is 2.58. The van der Waals surface area contributed by atoms with Crippen molar-refractivity contribution < 1.29 is 19.1 Å². The standard InChI is InChI=1S/C17H24ClN3O4.ClH/c1-10-8-13(14(24-3)9-12(10)18)21-15(22)4-5-20-17(23)16-11(2)25-7-6-19-16;/h8-9,11,16,19H,4-7H2,1-3H3,(H,20,23)(H,21,22);1H/t11-,16+;/m1./s1. The lowest BCUT2D eigenvalue weighted by Gasteiger charge is -2.29. The Morgan fingerprint density at radius 3 is 2.81 bits per heavy atom. The number of carbonyl (C=O) groups is 2. The molecule has 0 unspecified atom stereocenters. The van der Waals surface area contributed by atoms with E-state index >= 15 is 0 Å². The van der Waals surface area contributed by atoms with Gasteiger partial charge in [-0.1, -0.05) is 11.6 Å². The summed E-state index contributed by atoms with van der Waals surface area (Å²) in [5.74, 6) is 0.103. The highest BCUT2D eigenvalue weighted by Crippen LogP contribution is 2.30. The van der Waals surface area contributed by atoms with Gasteiger partial charge in [0.05, 0.1) is 25.5 Å². The molecule has 1 fully saturated rings. The number of halogens is 2. The fourth-order valence-electron chi connectivity index (χ4n) is 2.58. The van der Waals surface area contributed by atoms with Crippen LogP contribution in [0.1, 0.15) is 18.9 Å². The number of amides is 2. The smallest absolute Gasteiger partial charge is 0.239 e. The summed E-state index contributed by atoms with van der Waals surface area (Å²) in [6.07, 6.45) is -0.0395. The van der Waals surface area contributed by atoms with E-state index in [0.29, 0.717) is 29.6 Å². The Hall–Kier alpha value is -1.54. The number of nitrogens with one attached hydrogen (secondary N) is 3. The number of hydrogen-bond donors (Lipinski definition) is 3. The van der Waals surface area contributed by atoms with Gasteiger partial charge in [-0.2, -0.15) is 0 Å². The molecule has 1 aromatic carbocycles. The van der Waals surface area contributed by atoms with Gasteiger partial charge in [0.1, 0.15) is 11.8 Å². The van der Waals surface area contributed by atoms with Crippen molar-refractivity contribution in [1.82, 2.24) is 10.6 Å². The molecule has 1 aliphatic heterocycles. The molecule has 1 aliphatic rings. The number of hydrogen-bond acceptors (Lipinski definition) is 5. The zero-order chi connectivity index (χ0) is 18.4. The average molecular weight is 406 g/mol. The number of benzene rings is 1. The van der Waals surface area contributed by atoms with Crippen LogP contribution in [-0.4, -0.2) is 50.8 Å². The summed E-state index contributed by atoms with van der Waals surface area (Å²) in [6.45, 7) is 5.16. The Morgan fingerprint density at radius 2 is 2.15 bits per heavy atom. The molecule has 7 nitrogen and oxygen atoms in total. The first kappa shape index (κ1) is 22.5. The molecule has 1 saturated heterocycles. The van der Waals surface area contributed by atoms with Gasteiger partial charge in [0, 0.05) is 30.6 Å². The highest BCUT2D eigenvalue weighted by molar-refractivity contribution is 6.31. The predicted molar refractivity (Wildman–Crippen MR) is 103 cm³/mol. The highest BCUT2D eigenvalue weighted by Gasteiger charge is 2.27. The summed E-state index contributed by atoms with van der Waals surface area (Å²) < 4.78 is 10.7. The molecule has 3 N–H and O–H groups in total. The SMILES string of the molecule is COc1cc(Cl)c(C)cc1NC(=O)CCNC(=O)[C@H]1NCCO[C@@H]1C.Cl. The molecule has 0 saturated carbocycles. The van der Waals surface area contributed by atoms with Crippen LogP contribution in [0.25, 0.3) is 0 Å². The third-order valence-electron chi connectivity index (χ3n) is 4.01. The second-order valence-electron chi connectivity index (χ2n) is 5.90. The third kappa shape index (κ3) is 6.02. The Morgan fingerprint density at radius 1 is 1.42 bits per heavy atom. The normalized spacial score (nSPS) is 19.2. The quantitative estimate of drug-likeness (QED) is 0.672. The minimum absolute atomic E-state index is 0. The van der Waals surface area contributed by atoms with Crippen LogP contribution in [0.15, 0.2) is 12.1 Å². The summed E-state index contributed by atoms with van der Waals surface area (Å²) in [5, 5.41) is 9.21. The Bertz CT molecular complexity index is 643. The lowest BCUT2D eigenvalue weighted by molar-refractivity contribution is -0.128. The van der Waals surface area contributed by atoms with Gasteiger partial charge in [-0.05, 0) is 25.5 Å². The van der Waals surface area contributed by atoms with Crippen LogP contribution in [0.5, 0.6) is 5.75 Å². The van der Waals surface area contributed by atoms with Crippen molar-refractivity contribution in [2.24, 2.45) is 0 Å². The van der Waals surface area contributed by atoms with Gasteiger partial charge in [-0.25, -0.2) is 0 Å². The van der Waals surface area contributed by atoms with Crippen molar-refractivity contribution in [3.05, 3.63) is 22.7 Å². The number of ether oxygens (including phenoxy) is 2. The molecule has 146 valence electrons. The highest BCUT2D eigenvalue weighted by atomic mass is 35.5. The molecule has 0 bridgehead atoms. The lowest BCUT2D eigenvalue weighted by atomic mass is 10.1. The van der Waals surface area contributed by atoms with Gasteiger partial charge in [0.25, 0.3) is 0 Å². The monoisotopic (exact) mass is 405 g/mol. The molecule has 0 radical (unpaired) electrons. The summed E-state index contributed by atoms with van der Waals surface area (Å²) in [4.78, 5) is 24.2. The van der Waals surface area contributed by atoms with Crippen LogP contribution < -0.4 is 20.7 Å². The summed E-state index contributed by atoms with van der Waals surface area (Å²) in [6, 6.07) is 3.02. The number of methoxy groups -OCH3 is 1. The fraction of sp³-hybridized carbons (Fsp3) is 0.529. The summed E-state index contributed by atoms with van der Waals surface area (Å²) >= 11 is 6.05. The fourth-order valence-corrected chi connectivity index (χ4v) is 2.73. The second kappa shape index (κ2) is 10.6. The number of anilines is 1. The number of rotatable bonds is 6. The topological polar surface area (TPSA) is 88.7 Å². The molecule has 1 heterocycles. The van der Waals surface area contributed by atoms with Crippen molar-refractivity contribution in [1.29, 1.82) is 0 Å². The summed E-state index contributed by atoms with van der Waals surface area (Å²) in [7, 11) is 1.51. The molecule has 1 aromatic rings. The van der Waals surface area contributed by atoms with E-state index in [1.807, 2.05) is 13.8 Å². The van der Waals surface area contributed by atoms with E-state index in [2.05, 4.69) is 16.0 Å². The van der Waals surface area contributed by atoms with Gasteiger partial charge in [0.15, 0.2) is 0 Å². The Labute approximate surface area is 164 Å². The van der Waals surface area contributed by atoms with E-state index < -0.39 is 6.04 Å². The minimum Gasteiger partial charge on any atom is -0.495 e. The Balaban J connectivity index is 0.00000338. The predicted octanol–water partition coefficient (Wildman–Crippen LogP) is 1.90. The maximum atomic E-state index is 12.1. The van der Waals surface area contributed by atoms with Gasteiger partial charge >= 0.3 is 0 Å². The first-order chi connectivity index (χ1) is 11.9. The third-order valence-corrected chi connectivity index (χ3v) is 4.41. The van der Waals surface area contributed by atoms with Crippen LogP contribution in [-0.2, 0) is 14.3 Å². The van der Waals surface area contributed by atoms with E-state index in [1.165, 1.54) is 7.11 Å². The van der Waals surface area contributed by atoms with Crippen LogP contribution in [0, 0.1) is 6.92 Å². The number of carbonyl (C=O) groups excluding carboxylic acids is 2. The maximum Gasteiger partial charge on any atom is 0.239 e. The molecule has 2 atom stereocenters. The van der Waals surface area contributed by atoms with Gasteiger partial charge in [-0.3, -0.25) is 9.59 Å². The first-order valence-corrected chi connectivity index (χ1v) is 8.57. The second-order valence-corrected chi connectivity index (χ2v) is 6.31. The molecular formula is C17H25Cl2N3O4. The largest absolute Gasteiger partial charge is 0.495 e. The Kier molecular flexibility index (Phi) is 9.15. The van der Waals surface area contributed by atoms with Gasteiger partial charge in [0.2, 0.25) is 11.8 Å². The van der Waals surface area contributed by atoms with Gasteiger partial charge < -0.3 is 25.4 Å². The molecule has 9 heteroatoms. The molecule has 26 heavy (non-hydrogen) atoms.